The van der Waals surface area contributed by atoms with E-state index in [4.69, 9.17) is 4.74 Å². The molecule has 1 aromatic heterocycles. The molecule has 0 radical (unpaired) electrons. The number of carbonyl (C=O) groups excluding carboxylic acids is 1. The lowest BCUT2D eigenvalue weighted by molar-refractivity contribution is 0.122. The number of nitrogens with zero attached hydrogens (tertiary/aromatic N) is 2. The minimum absolute atomic E-state index is 0.261. The molecule has 1 saturated heterocycles. The highest BCUT2D eigenvalue weighted by Gasteiger charge is 2.15. The summed E-state index contributed by atoms with van der Waals surface area (Å²) in [7, 11) is 0. The summed E-state index contributed by atoms with van der Waals surface area (Å²) >= 11 is 1.64. The summed E-state index contributed by atoms with van der Waals surface area (Å²) in [5.41, 5.74) is 2.45. The molecule has 0 bridgehead atoms. The first-order chi connectivity index (χ1) is 12.3. The number of thiazole rings is 1. The molecule has 3 aromatic rings. The molecule has 2 heterocycles. The largest absolute Gasteiger partial charge is 0.378 e. The van der Waals surface area contributed by atoms with Gasteiger partial charge in [0.25, 0.3) is 0 Å². The van der Waals surface area contributed by atoms with Gasteiger partial charge in [0.2, 0.25) is 0 Å². The van der Waals surface area contributed by atoms with Crippen LogP contribution in [0.1, 0.15) is 0 Å². The van der Waals surface area contributed by atoms with Gasteiger partial charge in [-0.15, -0.1) is 0 Å². The number of morpholine rings is 1. The molecule has 25 heavy (non-hydrogen) atoms. The molecule has 128 valence electrons. The normalized spacial score (nSPS) is 14.5. The van der Waals surface area contributed by atoms with Crippen LogP contribution in [-0.4, -0.2) is 37.3 Å². The summed E-state index contributed by atoms with van der Waals surface area (Å²) in [6.45, 7) is 3.21. The Hall–Kier alpha value is -2.64. The maximum atomic E-state index is 12.1. The van der Waals surface area contributed by atoms with Gasteiger partial charge in [0.1, 0.15) is 0 Å². The molecular weight excluding hydrogens is 336 g/mol. The lowest BCUT2D eigenvalue weighted by Gasteiger charge is -2.25. The maximum Gasteiger partial charge on any atom is 0.323 e. The molecule has 2 amide bonds. The number of aromatic nitrogens is 1. The monoisotopic (exact) mass is 354 g/mol. The Morgan fingerprint density at radius 2 is 1.80 bits per heavy atom. The first-order valence-electron chi connectivity index (χ1n) is 8.14. The first-order valence-corrected chi connectivity index (χ1v) is 8.96. The third-order valence-electron chi connectivity index (χ3n) is 3.95. The Labute approximate surface area is 149 Å². The van der Waals surface area contributed by atoms with Crippen LogP contribution < -0.4 is 15.5 Å². The van der Waals surface area contributed by atoms with Crippen molar-refractivity contribution in [2.45, 2.75) is 0 Å². The van der Waals surface area contributed by atoms with E-state index < -0.39 is 0 Å². The molecule has 0 saturated carbocycles. The Bertz CT molecular complexity index is 875. The second-order valence-corrected chi connectivity index (χ2v) is 6.73. The fourth-order valence-electron chi connectivity index (χ4n) is 2.70. The van der Waals surface area contributed by atoms with Crippen LogP contribution in [0.3, 0.4) is 0 Å². The first kappa shape index (κ1) is 15.9. The molecule has 4 rings (SSSR count). The number of nitrogens with one attached hydrogen (secondary N) is 2. The van der Waals surface area contributed by atoms with Crippen LogP contribution >= 0.6 is 11.3 Å². The molecule has 1 aliphatic rings. The summed E-state index contributed by atoms with van der Waals surface area (Å²) in [4.78, 5) is 19.0. The maximum absolute atomic E-state index is 12.1. The molecule has 1 aliphatic heterocycles. The van der Waals surface area contributed by atoms with Crippen LogP contribution in [0.2, 0.25) is 0 Å². The molecule has 1 fully saturated rings. The van der Waals surface area contributed by atoms with Crippen LogP contribution in [0.5, 0.6) is 0 Å². The molecule has 6 nitrogen and oxygen atoms in total. The van der Waals surface area contributed by atoms with E-state index in [0.717, 1.165) is 53.0 Å². The van der Waals surface area contributed by atoms with Crippen LogP contribution in [0.4, 0.5) is 21.3 Å². The number of amides is 2. The molecule has 2 aromatic carbocycles. The van der Waals surface area contributed by atoms with Crippen molar-refractivity contribution in [1.29, 1.82) is 0 Å². The summed E-state index contributed by atoms with van der Waals surface area (Å²) in [5, 5.41) is 6.68. The number of benzene rings is 2. The SMILES string of the molecule is O=C(Nc1ccccc1)Nc1ccc2nc(N3CCOCC3)sc2c1. The van der Waals surface area contributed by atoms with E-state index >= 15 is 0 Å². The summed E-state index contributed by atoms with van der Waals surface area (Å²) in [6.07, 6.45) is 0. The van der Waals surface area contributed by atoms with Crippen molar-refractivity contribution in [3.63, 3.8) is 0 Å². The van der Waals surface area contributed by atoms with E-state index in [-0.39, 0.29) is 6.03 Å². The highest BCUT2D eigenvalue weighted by atomic mass is 32.1. The van der Waals surface area contributed by atoms with E-state index in [1.807, 2.05) is 48.5 Å². The van der Waals surface area contributed by atoms with Crippen LogP contribution in [-0.2, 0) is 4.74 Å². The Morgan fingerprint density at radius 3 is 2.60 bits per heavy atom. The molecular formula is C18H18N4O2S. The summed E-state index contributed by atoms with van der Waals surface area (Å²) < 4.78 is 6.44. The zero-order valence-corrected chi connectivity index (χ0v) is 14.4. The zero-order chi connectivity index (χ0) is 17.1. The number of ether oxygens (including phenoxy) is 1. The molecule has 2 N–H and O–H groups in total. The topological polar surface area (TPSA) is 66.5 Å². The standard InChI is InChI=1S/C18H18N4O2S/c23-17(19-13-4-2-1-3-5-13)20-14-6-7-15-16(12-14)25-18(21-15)22-8-10-24-11-9-22/h1-7,12H,8-11H2,(H2,19,20,23). The van der Waals surface area contributed by atoms with E-state index in [9.17, 15) is 4.79 Å². The van der Waals surface area contributed by atoms with Crippen molar-refractivity contribution in [3.8, 4) is 0 Å². The third-order valence-corrected chi connectivity index (χ3v) is 5.03. The van der Waals surface area contributed by atoms with Gasteiger partial charge >= 0.3 is 6.03 Å². The zero-order valence-electron chi connectivity index (χ0n) is 13.6. The minimum atomic E-state index is -0.261. The predicted octanol–water partition coefficient (Wildman–Crippen LogP) is 3.78. The van der Waals surface area contributed by atoms with Gasteiger partial charge in [0.05, 0.1) is 23.4 Å². The molecule has 0 aliphatic carbocycles. The lowest BCUT2D eigenvalue weighted by atomic mass is 10.3. The quantitative estimate of drug-likeness (QED) is 0.751. The smallest absolute Gasteiger partial charge is 0.323 e. The Balaban J connectivity index is 1.48. The van der Waals surface area contributed by atoms with E-state index in [1.165, 1.54) is 0 Å². The number of hydrogen-bond acceptors (Lipinski definition) is 5. The molecule has 0 unspecified atom stereocenters. The van der Waals surface area contributed by atoms with Crippen molar-refractivity contribution in [2.24, 2.45) is 0 Å². The number of urea groups is 1. The van der Waals surface area contributed by atoms with Crippen molar-refractivity contribution in [1.82, 2.24) is 4.98 Å². The number of rotatable bonds is 3. The molecule has 0 spiro atoms. The van der Waals surface area contributed by atoms with E-state index in [1.54, 1.807) is 11.3 Å². The van der Waals surface area contributed by atoms with Crippen LogP contribution in [0.25, 0.3) is 10.2 Å². The number of carbonyl (C=O) groups is 1. The van der Waals surface area contributed by atoms with Gasteiger partial charge in [0.15, 0.2) is 5.13 Å². The second-order valence-electron chi connectivity index (χ2n) is 5.72. The van der Waals surface area contributed by atoms with Gasteiger partial charge in [-0.1, -0.05) is 29.5 Å². The molecule has 0 atom stereocenters. The van der Waals surface area contributed by atoms with Crippen molar-refractivity contribution >= 4 is 44.1 Å². The van der Waals surface area contributed by atoms with Gasteiger partial charge in [-0.3, -0.25) is 0 Å². The van der Waals surface area contributed by atoms with Gasteiger partial charge in [0, 0.05) is 24.5 Å². The van der Waals surface area contributed by atoms with Gasteiger partial charge in [-0.25, -0.2) is 9.78 Å². The average molecular weight is 354 g/mol. The highest BCUT2D eigenvalue weighted by molar-refractivity contribution is 7.22. The fourth-order valence-corrected chi connectivity index (χ4v) is 3.75. The van der Waals surface area contributed by atoms with Gasteiger partial charge in [-0.2, -0.15) is 0 Å². The van der Waals surface area contributed by atoms with E-state index in [0.29, 0.717) is 0 Å². The van der Waals surface area contributed by atoms with Crippen molar-refractivity contribution < 1.29 is 9.53 Å². The fraction of sp³-hybridized carbons (Fsp3) is 0.222. The van der Waals surface area contributed by atoms with Gasteiger partial charge < -0.3 is 20.3 Å². The second kappa shape index (κ2) is 7.08. The average Bonchev–Trinajstić information content (AvgIpc) is 3.06. The number of para-hydroxylation sites is 1. The van der Waals surface area contributed by atoms with Crippen LogP contribution in [0, 0.1) is 0 Å². The number of hydrogen-bond donors (Lipinski definition) is 2. The van der Waals surface area contributed by atoms with Gasteiger partial charge in [-0.05, 0) is 30.3 Å². The molecule has 7 heteroatoms. The Kier molecular flexibility index (Phi) is 4.49. The summed E-state index contributed by atoms with van der Waals surface area (Å²) in [5.74, 6) is 0. The van der Waals surface area contributed by atoms with Crippen molar-refractivity contribution in [3.05, 3.63) is 48.5 Å². The van der Waals surface area contributed by atoms with E-state index in [2.05, 4.69) is 20.5 Å². The predicted molar refractivity (Wildman–Crippen MR) is 102 cm³/mol. The third kappa shape index (κ3) is 3.72. The highest BCUT2D eigenvalue weighted by Crippen LogP contribution is 2.31. The van der Waals surface area contributed by atoms with Crippen LogP contribution in [0.15, 0.2) is 48.5 Å². The van der Waals surface area contributed by atoms with Crippen molar-refractivity contribution in [2.75, 3.05) is 41.8 Å². The lowest BCUT2D eigenvalue weighted by Crippen LogP contribution is -2.36. The summed E-state index contributed by atoms with van der Waals surface area (Å²) in [6, 6.07) is 14.9. The minimum Gasteiger partial charge on any atom is -0.378 e. The Morgan fingerprint density at radius 1 is 1.04 bits per heavy atom. The number of fused-ring (bicyclic) bond motifs is 1. The number of anilines is 3.